The van der Waals surface area contributed by atoms with Gasteiger partial charge in [-0.2, -0.15) is 0 Å². The molecule has 0 spiro atoms. The zero-order valence-corrected chi connectivity index (χ0v) is 16.5. The smallest absolute Gasteiger partial charge is 0.123 e. The third-order valence-corrected chi connectivity index (χ3v) is 5.32. The molecule has 3 aromatic rings. The number of hydrogen-bond acceptors (Lipinski definition) is 0. The van der Waals surface area contributed by atoms with Crippen LogP contribution in [0, 0.1) is 18.7 Å². The Labute approximate surface area is 151 Å². The highest BCUT2D eigenvalue weighted by Gasteiger charge is 2.35. The molecule has 0 bridgehead atoms. The average Bonchev–Trinajstić information content (AvgIpc) is 2.93. The minimum atomic E-state index is -0.181. The standard InChI is InChI=1S/C21H24FN.C2H6/c1-14(2)21(4,16-8-6-15(3)7-9-16)19-13-23(5)20-11-10-17(22)12-18(19)20;1-2/h6-14H,1-5H3;1-2H3. The fourth-order valence-corrected chi connectivity index (χ4v) is 3.48. The van der Waals surface area contributed by atoms with Crippen LogP contribution >= 0.6 is 0 Å². The molecule has 0 radical (unpaired) electrons. The van der Waals surface area contributed by atoms with Crippen molar-refractivity contribution in [2.75, 3.05) is 0 Å². The highest BCUT2D eigenvalue weighted by atomic mass is 19.1. The normalized spacial score (nSPS) is 13.5. The molecule has 1 atom stereocenters. The molecule has 25 heavy (non-hydrogen) atoms. The Bertz CT molecular complexity index is 842. The number of hydrogen-bond donors (Lipinski definition) is 0. The first-order chi connectivity index (χ1) is 11.8. The van der Waals surface area contributed by atoms with Crippen LogP contribution in [0.25, 0.3) is 10.9 Å². The van der Waals surface area contributed by atoms with Gasteiger partial charge in [-0.1, -0.05) is 64.4 Å². The molecular weight excluding hydrogens is 309 g/mol. The van der Waals surface area contributed by atoms with Gasteiger partial charge in [0, 0.05) is 29.6 Å². The van der Waals surface area contributed by atoms with Crippen molar-refractivity contribution >= 4 is 10.9 Å². The van der Waals surface area contributed by atoms with Crippen LogP contribution in [0.15, 0.2) is 48.7 Å². The van der Waals surface area contributed by atoms with Crippen molar-refractivity contribution < 1.29 is 4.39 Å². The fraction of sp³-hybridized carbons (Fsp3) is 0.391. The average molecular weight is 339 g/mol. The number of rotatable bonds is 3. The molecule has 2 aromatic carbocycles. The summed E-state index contributed by atoms with van der Waals surface area (Å²) >= 11 is 0. The first-order valence-electron chi connectivity index (χ1n) is 9.16. The second-order valence-corrected chi connectivity index (χ2v) is 7.04. The lowest BCUT2D eigenvalue weighted by molar-refractivity contribution is 0.407. The van der Waals surface area contributed by atoms with Crippen molar-refractivity contribution in [3.05, 3.63) is 71.2 Å². The van der Waals surface area contributed by atoms with E-state index >= 15 is 0 Å². The number of aromatic nitrogens is 1. The number of halogens is 1. The summed E-state index contributed by atoms with van der Waals surface area (Å²) in [6.45, 7) is 12.8. The van der Waals surface area contributed by atoms with E-state index in [-0.39, 0.29) is 11.2 Å². The molecule has 0 saturated carbocycles. The van der Waals surface area contributed by atoms with Crippen LogP contribution < -0.4 is 0 Å². The highest BCUT2D eigenvalue weighted by Crippen LogP contribution is 2.42. The maximum Gasteiger partial charge on any atom is 0.123 e. The fourth-order valence-electron chi connectivity index (χ4n) is 3.48. The van der Waals surface area contributed by atoms with Crippen molar-refractivity contribution in [3.8, 4) is 0 Å². The number of aryl methyl sites for hydroxylation is 2. The number of nitrogens with zero attached hydrogens (tertiary/aromatic N) is 1. The van der Waals surface area contributed by atoms with Gasteiger partial charge in [0.05, 0.1) is 0 Å². The highest BCUT2D eigenvalue weighted by molar-refractivity contribution is 5.86. The van der Waals surface area contributed by atoms with Crippen LogP contribution in [0.3, 0.4) is 0 Å². The maximum absolute atomic E-state index is 13.9. The van der Waals surface area contributed by atoms with Gasteiger partial charge < -0.3 is 4.57 Å². The second-order valence-electron chi connectivity index (χ2n) is 7.04. The van der Waals surface area contributed by atoms with Crippen molar-refractivity contribution in [2.45, 2.75) is 47.0 Å². The van der Waals surface area contributed by atoms with Crippen LogP contribution in [0.4, 0.5) is 4.39 Å². The van der Waals surface area contributed by atoms with E-state index in [1.807, 2.05) is 27.0 Å². The summed E-state index contributed by atoms with van der Waals surface area (Å²) in [4.78, 5) is 0. The van der Waals surface area contributed by atoms with E-state index in [1.54, 1.807) is 6.07 Å². The predicted octanol–water partition coefficient (Wildman–Crippen LogP) is 6.61. The Kier molecular flexibility index (Phi) is 5.72. The lowest BCUT2D eigenvalue weighted by Gasteiger charge is -2.35. The SMILES string of the molecule is CC.Cc1ccc(C(C)(c2cn(C)c3ccc(F)cc23)C(C)C)cc1. The summed E-state index contributed by atoms with van der Waals surface area (Å²) in [6.07, 6.45) is 2.16. The van der Waals surface area contributed by atoms with E-state index in [2.05, 4.69) is 62.7 Å². The van der Waals surface area contributed by atoms with Crippen LogP contribution in [0.5, 0.6) is 0 Å². The molecule has 0 aliphatic rings. The molecule has 134 valence electrons. The minimum absolute atomic E-state index is 0.166. The number of fused-ring (bicyclic) bond motifs is 1. The first-order valence-corrected chi connectivity index (χ1v) is 9.16. The van der Waals surface area contributed by atoms with Crippen molar-refractivity contribution in [1.29, 1.82) is 0 Å². The lowest BCUT2D eigenvalue weighted by Crippen LogP contribution is -2.30. The second kappa shape index (κ2) is 7.43. The molecule has 1 aromatic heterocycles. The molecule has 0 fully saturated rings. The molecule has 1 nitrogen and oxygen atoms in total. The number of benzene rings is 2. The van der Waals surface area contributed by atoms with Gasteiger partial charge in [0.15, 0.2) is 0 Å². The molecule has 1 unspecified atom stereocenters. The zero-order valence-electron chi connectivity index (χ0n) is 16.5. The Balaban J connectivity index is 0.00000109. The van der Waals surface area contributed by atoms with Gasteiger partial charge >= 0.3 is 0 Å². The van der Waals surface area contributed by atoms with E-state index in [0.717, 1.165) is 10.9 Å². The molecule has 1 heterocycles. The van der Waals surface area contributed by atoms with E-state index in [0.29, 0.717) is 5.92 Å². The first kappa shape index (κ1) is 19.2. The van der Waals surface area contributed by atoms with Crippen molar-refractivity contribution in [2.24, 2.45) is 13.0 Å². The van der Waals surface area contributed by atoms with Gasteiger partial charge in [0.25, 0.3) is 0 Å². The summed E-state index contributed by atoms with van der Waals surface area (Å²) in [5.41, 5.74) is 4.62. The van der Waals surface area contributed by atoms with Crippen LogP contribution in [0.2, 0.25) is 0 Å². The zero-order chi connectivity index (χ0) is 18.8. The molecule has 0 N–H and O–H groups in total. The van der Waals surface area contributed by atoms with Gasteiger partial charge in [0.2, 0.25) is 0 Å². The van der Waals surface area contributed by atoms with Crippen molar-refractivity contribution in [1.82, 2.24) is 4.57 Å². The van der Waals surface area contributed by atoms with E-state index < -0.39 is 0 Å². The summed E-state index contributed by atoms with van der Waals surface area (Å²) in [5, 5.41) is 1.00. The molecule has 3 rings (SSSR count). The van der Waals surface area contributed by atoms with E-state index in [9.17, 15) is 4.39 Å². The maximum atomic E-state index is 13.9. The molecule has 0 aliphatic heterocycles. The summed E-state index contributed by atoms with van der Waals surface area (Å²) < 4.78 is 16.0. The van der Waals surface area contributed by atoms with Crippen LogP contribution in [-0.4, -0.2) is 4.57 Å². The van der Waals surface area contributed by atoms with Gasteiger partial charge in [-0.05, 0) is 42.2 Å². The van der Waals surface area contributed by atoms with E-state index in [4.69, 9.17) is 0 Å². The summed E-state index contributed by atoms with van der Waals surface area (Å²) in [7, 11) is 2.03. The lowest BCUT2D eigenvalue weighted by atomic mass is 9.68. The Hall–Kier alpha value is -2.09. The third kappa shape index (κ3) is 3.35. The third-order valence-electron chi connectivity index (χ3n) is 5.32. The Morgan fingerprint density at radius 1 is 1.00 bits per heavy atom. The topological polar surface area (TPSA) is 4.93 Å². The molecule has 0 saturated heterocycles. The summed E-state index contributed by atoms with van der Waals surface area (Å²) in [5.74, 6) is 0.207. The van der Waals surface area contributed by atoms with Gasteiger partial charge in [-0.3, -0.25) is 0 Å². The van der Waals surface area contributed by atoms with Gasteiger partial charge in [-0.15, -0.1) is 0 Å². The Morgan fingerprint density at radius 3 is 2.16 bits per heavy atom. The molecule has 2 heteroatoms. The van der Waals surface area contributed by atoms with Gasteiger partial charge in [-0.25, -0.2) is 4.39 Å². The van der Waals surface area contributed by atoms with Crippen LogP contribution in [-0.2, 0) is 12.5 Å². The Morgan fingerprint density at radius 2 is 1.60 bits per heavy atom. The van der Waals surface area contributed by atoms with Crippen LogP contribution in [0.1, 0.15) is 51.3 Å². The quantitative estimate of drug-likeness (QED) is 0.505. The van der Waals surface area contributed by atoms with Crippen molar-refractivity contribution in [3.63, 3.8) is 0 Å². The van der Waals surface area contributed by atoms with Gasteiger partial charge in [0.1, 0.15) is 5.82 Å². The minimum Gasteiger partial charge on any atom is -0.350 e. The predicted molar refractivity (Wildman–Crippen MR) is 107 cm³/mol. The van der Waals surface area contributed by atoms with E-state index in [1.165, 1.54) is 22.8 Å². The largest absolute Gasteiger partial charge is 0.350 e. The molecular formula is C23H30FN. The summed E-state index contributed by atoms with van der Waals surface area (Å²) in [6, 6.07) is 13.8. The molecule has 0 amide bonds. The monoisotopic (exact) mass is 339 g/mol. The molecule has 0 aliphatic carbocycles.